The zero-order valence-electron chi connectivity index (χ0n) is 10.4. The highest BCUT2D eigenvalue weighted by Crippen LogP contribution is 2.29. The second-order valence-electron chi connectivity index (χ2n) is 4.88. The van der Waals surface area contributed by atoms with E-state index in [2.05, 4.69) is 17.2 Å². The van der Waals surface area contributed by atoms with Crippen molar-refractivity contribution in [3.8, 4) is 0 Å². The first kappa shape index (κ1) is 11.9. The van der Waals surface area contributed by atoms with Gasteiger partial charge in [-0.15, -0.1) is 0 Å². The molecule has 92 valence electrons. The van der Waals surface area contributed by atoms with Gasteiger partial charge in [0, 0.05) is 17.3 Å². The highest BCUT2D eigenvalue weighted by molar-refractivity contribution is 5.95. The van der Waals surface area contributed by atoms with Crippen molar-refractivity contribution < 1.29 is 4.79 Å². The summed E-state index contributed by atoms with van der Waals surface area (Å²) in [4.78, 5) is 16.1. The van der Waals surface area contributed by atoms with E-state index in [0.29, 0.717) is 17.3 Å². The van der Waals surface area contributed by atoms with E-state index in [1.807, 2.05) is 6.92 Å². The Morgan fingerprint density at radius 2 is 2.24 bits per heavy atom. The molecule has 1 amide bonds. The summed E-state index contributed by atoms with van der Waals surface area (Å²) in [5, 5.41) is 3.03. The predicted octanol–water partition coefficient (Wildman–Crippen LogP) is 1.89. The lowest BCUT2D eigenvalue weighted by Crippen LogP contribution is -2.40. The van der Waals surface area contributed by atoms with Crippen LogP contribution in [0.3, 0.4) is 0 Å². The van der Waals surface area contributed by atoms with E-state index in [-0.39, 0.29) is 11.9 Å². The highest BCUT2D eigenvalue weighted by Gasteiger charge is 2.25. The van der Waals surface area contributed by atoms with Crippen LogP contribution in [0.5, 0.6) is 0 Å². The van der Waals surface area contributed by atoms with Crippen LogP contribution in [-0.2, 0) is 0 Å². The number of hydrogen-bond donors (Lipinski definition) is 2. The third-order valence-corrected chi connectivity index (χ3v) is 3.45. The lowest BCUT2D eigenvalue weighted by Gasteiger charge is -2.31. The van der Waals surface area contributed by atoms with Crippen molar-refractivity contribution in [2.45, 2.75) is 39.2 Å². The maximum absolute atomic E-state index is 12.0. The van der Waals surface area contributed by atoms with Gasteiger partial charge in [-0.2, -0.15) is 0 Å². The van der Waals surface area contributed by atoms with E-state index in [1.54, 1.807) is 12.1 Å². The van der Waals surface area contributed by atoms with Crippen molar-refractivity contribution >= 4 is 11.7 Å². The summed E-state index contributed by atoms with van der Waals surface area (Å²) in [6.45, 7) is 3.90. The molecule has 0 aliphatic heterocycles. The van der Waals surface area contributed by atoms with Crippen molar-refractivity contribution in [3.05, 3.63) is 23.4 Å². The van der Waals surface area contributed by atoms with Gasteiger partial charge in [-0.1, -0.05) is 6.42 Å². The second-order valence-corrected chi connectivity index (χ2v) is 4.88. The van der Waals surface area contributed by atoms with Gasteiger partial charge in [-0.3, -0.25) is 4.79 Å². The number of nitrogens with two attached hydrogens (primary N) is 1. The summed E-state index contributed by atoms with van der Waals surface area (Å²) < 4.78 is 0. The molecule has 3 N–H and O–H groups in total. The van der Waals surface area contributed by atoms with Crippen LogP contribution in [-0.4, -0.2) is 16.9 Å². The molecule has 1 aliphatic carbocycles. The van der Waals surface area contributed by atoms with Crippen LogP contribution in [0.4, 0.5) is 5.82 Å². The summed E-state index contributed by atoms with van der Waals surface area (Å²) in [7, 11) is 0. The number of nitrogens with one attached hydrogen (secondary N) is 1. The number of amides is 1. The topological polar surface area (TPSA) is 68.0 Å². The highest BCUT2D eigenvalue weighted by atomic mass is 16.1. The molecular formula is C13H19N3O. The van der Waals surface area contributed by atoms with Gasteiger partial charge >= 0.3 is 0 Å². The van der Waals surface area contributed by atoms with Gasteiger partial charge in [0.25, 0.3) is 5.91 Å². The molecule has 1 saturated carbocycles. The van der Waals surface area contributed by atoms with Crippen molar-refractivity contribution in [2.24, 2.45) is 5.92 Å². The predicted molar refractivity (Wildman–Crippen MR) is 67.7 cm³/mol. The quantitative estimate of drug-likeness (QED) is 0.837. The Morgan fingerprint density at radius 1 is 1.53 bits per heavy atom. The minimum atomic E-state index is -0.0541. The van der Waals surface area contributed by atoms with E-state index in [4.69, 9.17) is 5.73 Å². The fourth-order valence-corrected chi connectivity index (χ4v) is 2.17. The lowest BCUT2D eigenvalue weighted by atomic mass is 9.80. The van der Waals surface area contributed by atoms with Gasteiger partial charge in [0.15, 0.2) is 0 Å². The van der Waals surface area contributed by atoms with Gasteiger partial charge in [0.1, 0.15) is 5.82 Å². The zero-order chi connectivity index (χ0) is 12.4. The number of nitrogens with zero attached hydrogens (tertiary/aromatic N) is 1. The fraction of sp³-hybridized carbons (Fsp3) is 0.538. The summed E-state index contributed by atoms with van der Waals surface area (Å²) in [6.07, 6.45) is 3.73. The summed E-state index contributed by atoms with van der Waals surface area (Å²) in [5.74, 6) is 0.979. The number of aromatic nitrogens is 1. The molecule has 4 nitrogen and oxygen atoms in total. The average Bonchev–Trinajstić information content (AvgIpc) is 2.12. The SMILES string of the molecule is Cc1cc(C(=O)NC(C)C2CCC2)cc(N)n1. The minimum absolute atomic E-state index is 0.0541. The molecule has 1 atom stereocenters. The Balaban J connectivity index is 2.03. The summed E-state index contributed by atoms with van der Waals surface area (Å²) >= 11 is 0. The van der Waals surface area contributed by atoms with Crippen LogP contribution in [0, 0.1) is 12.8 Å². The molecule has 0 radical (unpaired) electrons. The van der Waals surface area contributed by atoms with Crippen LogP contribution in [0.2, 0.25) is 0 Å². The molecule has 0 aromatic carbocycles. The number of anilines is 1. The van der Waals surface area contributed by atoms with Gasteiger partial charge in [-0.05, 0) is 44.7 Å². The average molecular weight is 233 g/mol. The molecule has 1 aliphatic rings. The van der Waals surface area contributed by atoms with Crippen molar-refractivity contribution in [3.63, 3.8) is 0 Å². The number of carbonyl (C=O) groups excluding carboxylic acids is 1. The zero-order valence-corrected chi connectivity index (χ0v) is 10.4. The van der Waals surface area contributed by atoms with Gasteiger partial charge in [0.2, 0.25) is 0 Å². The first-order chi connectivity index (χ1) is 8.06. The minimum Gasteiger partial charge on any atom is -0.384 e. The smallest absolute Gasteiger partial charge is 0.251 e. The largest absolute Gasteiger partial charge is 0.384 e. The van der Waals surface area contributed by atoms with Crippen LogP contribution in [0.15, 0.2) is 12.1 Å². The Morgan fingerprint density at radius 3 is 2.76 bits per heavy atom. The van der Waals surface area contributed by atoms with E-state index in [1.165, 1.54) is 19.3 Å². The number of hydrogen-bond acceptors (Lipinski definition) is 3. The van der Waals surface area contributed by atoms with Crippen molar-refractivity contribution in [1.29, 1.82) is 0 Å². The summed E-state index contributed by atoms with van der Waals surface area (Å²) in [5.41, 5.74) is 7.00. The number of carbonyl (C=O) groups is 1. The van der Waals surface area contributed by atoms with Crippen LogP contribution >= 0.6 is 0 Å². The monoisotopic (exact) mass is 233 g/mol. The molecule has 1 unspecified atom stereocenters. The first-order valence-electron chi connectivity index (χ1n) is 6.11. The Labute approximate surface area is 102 Å². The third-order valence-electron chi connectivity index (χ3n) is 3.45. The standard InChI is InChI=1S/C13H19N3O/c1-8-6-11(7-12(14)15-8)13(17)16-9(2)10-4-3-5-10/h6-7,9-10H,3-5H2,1-2H3,(H2,14,15)(H,16,17). The lowest BCUT2D eigenvalue weighted by molar-refractivity contribution is 0.0909. The van der Waals surface area contributed by atoms with E-state index in [9.17, 15) is 4.79 Å². The van der Waals surface area contributed by atoms with Crippen molar-refractivity contribution in [2.75, 3.05) is 5.73 Å². The Bertz CT molecular complexity index is 406. The van der Waals surface area contributed by atoms with E-state index < -0.39 is 0 Å². The maximum Gasteiger partial charge on any atom is 0.251 e. The van der Waals surface area contributed by atoms with Gasteiger partial charge < -0.3 is 11.1 Å². The summed E-state index contributed by atoms with van der Waals surface area (Å²) in [6, 6.07) is 3.63. The molecule has 4 heteroatoms. The Hall–Kier alpha value is -1.58. The number of aryl methyl sites for hydroxylation is 1. The number of pyridine rings is 1. The molecule has 0 spiro atoms. The molecule has 0 saturated heterocycles. The Kier molecular flexibility index (Phi) is 3.31. The fourth-order valence-electron chi connectivity index (χ4n) is 2.17. The van der Waals surface area contributed by atoms with Gasteiger partial charge in [-0.25, -0.2) is 4.98 Å². The molecule has 0 bridgehead atoms. The maximum atomic E-state index is 12.0. The number of rotatable bonds is 3. The molecule has 1 aromatic rings. The first-order valence-corrected chi connectivity index (χ1v) is 6.11. The van der Waals surface area contributed by atoms with E-state index >= 15 is 0 Å². The molecular weight excluding hydrogens is 214 g/mol. The molecule has 1 heterocycles. The van der Waals surface area contributed by atoms with E-state index in [0.717, 1.165) is 5.69 Å². The van der Waals surface area contributed by atoms with Crippen LogP contribution < -0.4 is 11.1 Å². The third kappa shape index (κ3) is 2.75. The van der Waals surface area contributed by atoms with Crippen molar-refractivity contribution in [1.82, 2.24) is 10.3 Å². The van der Waals surface area contributed by atoms with Gasteiger partial charge in [0.05, 0.1) is 0 Å². The second kappa shape index (κ2) is 4.73. The molecule has 1 fully saturated rings. The molecule has 2 rings (SSSR count). The molecule has 17 heavy (non-hydrogen) atoms. The normalized spacial score (nSPS) is 17.3. The van der Waals surface area contributed by atoms with Crippen LogP contribution in [0.1, 0.15) is 42.2 Å². The van der Waals surface area contributed by atoms with Crippen LogP contribution in [0.25, 0.3) is 0 Å². The number of nitrogen functional groups attached to an aromatic ring is 1. The molecule has 1 aromatic heterocycles.